The lowest BCUT2D eigenvalue weighted by molar-refractivity contribution is -0.116. The van der Waals surface area contributed by atoms with Gasteiger partial charge >= 0.3 is 6.03 Å². The molecule has 2 N–H and O–H groups in total. The second kappa shape index (κ2) is 7.00. The number of rotatable bonds is 5. The van der Waals surface area contributed by atoms with Crippen molar-refractivity contribution in [1.29, 1.82) is 0 Å². The van der Waals surface area contributed by atoms with Crippen LogP contribution in [-0.4, -0.2) is 31.1 Å². The minimum atomic E-state index is -0.210. The van der Waals surface area contributed by atoms with Crippen molar-refractivity contribution in [3.8, 4) is 0 Å². The lowest BCUT2D eigenvalue weighted by Gasteiger charge is -2.22. The molecule has 0 spiro atoms. The summed E-state index contributed by atoms with van der Waals surface area (Å²) in [4.78, 5) is 24.8. The van der Waals surface area contributed by atoms with Crippen LogP contribution in [-0.2, 0) is 4.79 Å². The number of halogens is 2. The first-order chi connectivity index (χ1) is 9.97. The Hall–Kier alpha value is -1.46. The molecule has 0 heterocycles. The predicted molar refractivity (Wildman–Crippen MR) is 84.0 cm³/mol. The number of nitrogens with one attached hydrogen (secondary N) is 2. The van der Waals surface area contributed by atoms with E-state index in [0.29, 0.717) is 34.9 Å². The van der Waals surface area contributed by atoms with E-state index in [2.05, 4.69) is 10.6 Å². The lowest BCUT2D eigenvalue weighted by Crippen LogP contribution is -2.42. The van der Waals surface area contributed by atoms with Crippen LogP contribution in [0.3, 0.4) is 0 Å². The van der Waals surface area contributed by atoms with Gasteiger partial charge in [0.1, 0.15) is 0 Å². The number of hydrogen-bond acceptors (Lipinski definition) is 2. The van der Waals surface area contributed by atoms with E-state index < -0.39 is 0 Å². The molecule has 21 heavy (non-hydrogen) atoms. The highest BCUT2D eigenvalue weighted by Crippen LogP contribution is 2.29. The lowest BCUT2D eigenvalue weighted by atomic mass is 10.2. The maximum atomic E-state index is 11.8. The molecule has 1 fully saturated rings. The second-order valence-electron chi connectivity index (χ2n) is 4.94. The van der Waals surface area contributed by atoms with Crippen LogP contribution in [0.4, 0.5) is 10.5 Å². The molecule has 1 aliphatic carbocycles. The molecule has 0 aromatic heterocycles. The molecule has 0 atom stereocenters. The van der Waals surface area contributed by atoms with Crippen LogP contribution >= 0.6 is 23.2 Å². The SMILES string of the molecule is CC(=O)N(CCNC(=O)NC1CC1)c1cc(Cl)ccc1Cl. The van der Waals surface area contributed by atoms with Gasteiger partial charge in [0, 0.05) is 31.1 Å². The Labute approximate surface area is 133 Å². The van der Waals surface area contributed by atoms with Gasteiger partial charge < -0.3 is 15.5 Å². The minimum absolute atomic E-state index is 0.163. The van der Waals surface area contributed by atoms with Crippen molar-refractivity contribution >= 4 is 40.8 Å². The molecule has 1 aromatic rings. The van der Waals surface area contributed by atoms with Crippen molar-refractivity contribution in [1.82, 2.24) is 10.6 Å². The highest BCUT2D eigenvalue weighted by Gasteiger charge is 2.23. The molecule has 0 saturated heterocycles. The summed E-state index contributed by atoms with van der Waals surface area (Å²) in [6, 6.07) is 5.03. The zero-order valence-electron chi connectivity index (χ0n) is 11.7. The zero-order valence-corrected chi connectivity index (χ0v) is 13.2. The summed E-state index contributed by atoms with van der Waals surface area (Å²) in [6.07, 6.45) is 2.07. The van der Waals surface area contributed by atoms with Gasteiger partial charge in [-0.25, -0.2) is 4.79 Å². The van der Waals surface area contributed by atoms with Crippen LogP contribution in [0.5, 0.6) is 0 Å². The number of hydrogen-bond donors (Lipinski definition) is 2. The minimum Gasteiger partial charge on any atom is -0.336 e. The van der Waals surface area contributed by atoms with Gasteiger partial charge in [0.2, 0.25) is 5.91 Å². The Kier molecular flexibility index (Phi) is 5.31. The van der Waals surface area contributed by atoms with Crippen molar-refractivity contribution in [2.45, 2.75) is 25.8 Å². The molecule has 3 amide bonds. The van der Waals surface area contributed by atoms with Crippen molar-refractivity contribution in [3.05, 3.63) is 28.2 Å². The summed E-state index contributed by atoms with van der Waals surface area (Å²) in [6.45, 7) is 2.11. The van der Waals surface area contributed by atoms with Gasteiger partial charge in [-0.15, -0.1) is 0 Å². The van der Waals surface area contributed by atoms with E-state index >= 15 is 0 Å². The molecule has 7 heteroatoms. The van der Waals surface area contributed by atoms with Gasteiger partial charge in [0.15, 0.2) is 0 Å². The van der Waals surface area contributed by atoms with E-state index in [4.69, 9.17) is 23.2 Å². The maximum absolute atomic E-state index is 11.8. The quantitative estimate of drug-likeness (QED) is 0.872. The Bertz CT molecular complexity index is 547. The predicted octanol–water partition coefficient (Wildman–Crippen LogP) is 2.81. The Morgan fingerprint density at radius 1 is 1.33 bits per heavy atom. The molecule has 0 aliphatic heterocycles. The Morgan fingerprint density at radius 2 is 2.05 bits per heavy atom. The molecule has 1 saturated carbocycles. The van der Waals surface area contributed by atoms with Gasteiger partial charge in [0.25, 0.3) is 0 Å². The molecular weight excluding hydrogens is 313 g/mol. The third-order valence-corrected chi connectivity index (χ3v) is 3.67. The molecule has 0 unspecified atom stereocenters. The first-order valence-electron chi connectivity index (χ1n) is 6.75. The average molecular weight is 330 g/mol. The average Bonchev–Trinajstić information content (AvgIpc) is 3.21. The fourth-order valence-corrected chi connectivity index (χ4v) is 2.27. The van der Waals surface area contributed by atoms with Crippen LogP contribution in [0.1, 0.15) is 19.8 Å². The third kappa shape index (κ3) is 4.79. The molecule has 5 nitrogen and oxygen atoms in total. The fraction of sp³-hybridized carbons (Fsp3) is 0.429. The summed E-state index contributed by atoms with van der Waals surface area (Å²) in [5.74, 6) is -0.163. The number of nitrogens with zero attached hydrogens (tertiary/aromatic N) is 1. The van der Waals surface area contributed by atoms with Crippen LogP contribution in [0, 0.1) is 0 Å². The summed E-state index contributed by atoms with van der Waals surface area (Å²) in [5, 5.41) is 6.48. The summed E-state index contributed by atoms with van der Waals surface area (Å²) in [7, 11) is 0. The van der Waals surface area contributed by atoms with Crippen LogP contribution in [0.15, 0.2) is 18.2 Å². The van der Waals surface area contributed by atoms with Crippen LogP contribution in [0.2, 0.25) is 10.0 Å². The van der Waals surface area contributed by atoms with Crippen molar-refractivity contribution < 1.29 is 9.59 Å². The molecule has 2 rings (SSSR count). The number of amides is 3. The normalized spacial score (nSPS) is 13.7. The monoisotopic (exact) mass is 329 g/mol. The number of urea groups is 1. The van der Waals surface area contributed by atoms with Crippen LogP contribution in [0.25, 0.3) is 0 Å². The molecule has 1 aromatic carbocycles. The number of anilines is 1. The Balaban J connectivity index is 1.93. The van der Waals surface area contributed by atoms with E-state index in [1.165, 1.54) is 11.8 Å². The van der Waals surface area contributed by atoms with Gasteiger partial charge in [-0.2, -0.15) is 0 Å². The number of carbonyl (C=O) groups excluding carboxylic acids is 2. The maximum Gasteiger partial charge on any atom is 0.315 e. The Morgan fingerprint density at radius 3 is 2.67 bits per heavy atom. The molecule has 0 bridgehead atoms. The second-order valence-corrected chi connectivity index (χ2v) is 5.78. The van der Waals surface area contributed by atoms with E-state index in [-0.39, 0.29) is 11.9 Å². The van der Waals surface area contributed by atoms with Crippen molar-refractivity contribution in [2.24, 2.45) is 0 Å². The van der Waals surface area contributed by atoms with Crippen molar-refractivity contribution in [3.63, 3.8) is 0 Å². The van der Waals surface area contributed by atoms with Gasteiger partial charge in [-0.3, -0.25) is 4.79 Å². The van der Waals surface area contributed by atoms with Gasteiger partial charge in [0.05, 0.1) is 10.7 Å². The van der Waals surface area contributed by atoms with E-state index in [9.17, 15) is 9.59 Å². The van der Waals surface area contributed by atoms with Crippen molar-refractivity contribution in [2.75, 3.05) is 18.0 Å². The molecule has 1 aliphatic rings. The van der Waals surface area contributed by atoms with E-state index in [0.717, 1.165) is 12.8 Å². The standard InChI is InChI=1S/C14H17Cl2N3O2/c1-9(20)19(13-8-10(15)2-5-12(13)16)7-6-17-14(21)18-11-3-4-11/h2,5,8,11H,3-4,6-7H2,1H3,(H2,17,18,21). The topological polar surface area (TPSA) is 61.4 Å². The van der Waals surface area contributed by atoms with E-state index in [1.807, 2.05) is 0 Å². The van der Waals surface area contributed by atoms with Gasteiger partial charge in [-0.05, 0) is 31.0 Å². The number of benzene rings is 1. The van der Waals surface area contributed by atoms with Crippen LogP contribution < -0.4 is 15.5 Å². The largest absolute Gasteiger partial charge is 0.336 e. The number of carbonyl (C=O) groups is 2. The molecular formula is C14H17Cl2N3O2. The fourth-order valence-electron chi connectivity index (χ4n) is 1.89. The summed E-state index contributed by atoms with van der Waals surface area (Å²) >= 11 is 12.0. The highest BCUT2D eigenvalue weighted by molar-refractivity contribution is 6.35. The summed E-state index contributed by atoms with van der Waals surface area (Å²) < 4.78 is 0. The summed E-state index contributed by atoms with van der Waals surface area (Å²) in [5.41, 5.74) is 0.543. The third-order valence-electron chi connectivity index (χ3n) is 3.11. The van der Waals surface area contributed by atoms with E-state index in [1.54, 1.807) is 18.2 Å². The van der Waals surface area contributed by atoms with Gasteiger partial charge in [-0.1, -0.05) is 23.2 Å². The molecule has 0 radical (unpaired) electrons. The smallest absolute Gasteiger partial charge is 0.315 e. The first kappa shape index (κ1) is 15.9. The molecule has 114 valence electrons. The zero-order chi connectivity index (χ0) is 15.4. The first-order valence-corrected chi connectivity index (χ1v) is 7.50. The highest BCUT2D eigenvalue weighted by atomic mass is 35.5.